The van der Waals surface area contributed by atoms with E-state index in [1.807, 2.05) is 13.8 Å². The fourth-order valence-corrected chi connectivity index (χ4v) is 5.48. The zero-order valence-corrected chi connectivity index (χ0v) is 23.3. The summed E-state index contributed by atoms with van der Waals surface area (Å²) in [5.41, 5.74) is 0.835. The summed E-state index contributed by atoms with van der Waals surface area (Å²) in [4.78, 5) is 34.0. The Kier molecular flexibility index (Phi) is 7.53. The van der Waals surface area contributed by atoms with E-state index in [9.17, 15) is 18.0 Å². The minimum Gasteiger partial charge on any atom is -0.493 e. The van der Waals surface area contributed by atoms with Crippen LogP contribution in [0.3, 0.4) is 0 Å². The van der Waals surface area contributed by atoms with Gasteiger partial charge in [-0.05, 0) is 52.3 Å². The van der Waals surface area contributed by atoms with E-state index in [4.69, 9.17) is 9.47 Å². The molecule has 0 unspecified atom stereocenters. The van der Waals surface area contributed by atoms with E-state index in [2.05, 4.69) is 19.8 Å². The summed E-state index contributed by atoms with van der Waals surface area (Å²) in [6, 6.07) is 3.95. The van der Waals surface area contributed by atoms with Gasteiger partial charge >= 0.3 is 6.09 Å². The zero-order chi connectivity index (χ0) is 27.8. The number of hydrogen-bond donors (Lipinski definition) is 2. The second-order valence-electron chi connectivity index (χ2n) is 10.2. The van der Waals surface area contributed by atoms with Crippen molar-refractivity contribution >= 4 is 27.1 Å². The predicted molar refractivity (Wildman–Crippen MR) is 142 cm³/mol. The first kappa shape index (κ1) is 27.6. The van der Waals surface area contributed by atoms with E-state index in [1.165, 1.54) is 21.7 Å². The van der Waals surface area contributed by atoms with Gasteiger partial charge in [0.05, 0.1) is 28.8 Å². The van der Waals surface area contributed by atoms with Gasteiger partial charge in [-0.3, -0.25) is 9.48 Å². The number of ether oxygens (including phenoxy) is 2. The number of aromatic amines is 1. The van der Waals surface area contributed by atoms with Crippen molar-refractivity contribution in [2.45, 2.75) is 64.0 Å². The van der Waals surface area contributed by atoms with Crippen molar-refractivity contribution < 1.29 is 22.7 Å². The Bertz CT molecular complexity index is 1520. The lowest BCUT2D eigenvalue weighted by atomic mass is 10.1. The second-order valence-corrected chi connectivity index (χ2v) is 11.9. The van der Waals surface area contributed by atoms with Crippen molar-refractivity contribution in [2.24, 2.45) is 7.05 Å². The normalized spacial score (nSPS) is 14.5. The molecular weight excluding hydrogens is 512 g/mol. The molecule has 13 heteroatoms. The van der Waals surface area contributed by atoms with Crippen LogP contribution in [0.2, 0.25) is 0 Å². The molecule has 0 saturated carbocycles. The maximum atomic E-state index is 13.2. The third-order valence-electron chi connectivity index (χ3n) is 5.92. The van der Waals surface area contributed by atoms with Crippen molar-refractivity contribution in [3.8, 4) is 17.1 Å². The van der Waals surface area contributed by atoms with Gasteiger partial charge in [0.1, 0.15) is 22.7 Å². The largest absolute Gasteiger partial charge is 0.493 e. The van der Waals surface area contributed by atoms with Crippen LogP contribution in [0.15, 0.2) is 27.9 Å². The molecule has 0 radical (unpaired) electrons. The Balaban J connectivity index is 1.64. The number of carbonyl (C=O) groups excluding carboxylic acids is 1. The molecule has 3 heterocycles. The highest BCUT2D eigenvalue weighted by molar-refractivity contribution is 7.89. The maximum Gasteiger partial charge on any atom is 0.410 e. The van der Waals surface area contributed by atoms with Crippen LogP contribution in [0.25, 0.3) is 22.4 Å². The predicted octanol–water partition coefficient (Wildman–Crippen LogP) is 2.57. The molecular formula is C25H34N6O6S. The van der Waals surface area contributed by atoms with Gasteiger partial charge in [0.15, 0.2) is 5.52 Å². The fraction of sp³-hybridized carbons (Fsp3) is 0.520. The van der Waals surface area contributed by atoms with Crippen LogP contribution >= 0.6 is 0 Å². The van der Waals surface area contributed by atoms with Gasteiger partial charge in [-0.25, -0.2) is 22.9 Å². The number of fused-ring (bicyclic) bond motifs is 1. The van der Waals surface area contributed by atoms with Gasteiger partial charge in [-0.15, -0.1) is 0 Å². The highest BCUT2D eigenvalue weighted by atomic mass is 32.2. The van der Waals surface area contributed by atoms with Gasteiger partial charge in [0, 0.05) is 20.1 Å². The van der Waals surface area contributed by atoms with E-state index in [0.717, 1.165) is 6.42 Å². The van der Waals surface area contributed by atoms with Crippen LogP contribution in [0, 0.1) is 0 Å². The Morgan fingerprint density at radius 1 is 1.24 bits per heavy atom. The van der Waals surface area contributed by atoms with E-state index < -0.39 is 27.8 Å². The molecule has 2 aromatic heterocycles. The van der Waals surface area contributed by atoms with Gasteiger partial charge in [-0.1, -0.05) is 13.3 Å². The molecule has 1 aromatic carbocycles. The third-order valence-corrected chi connectivity index (χ3v) is 7.44. The first-order valence-corrected chi connectivity index (χ1v) is 14.0. The van der Waals surface area contributed by atoms with Gasteiger partial charge in [-0.2, -0.15) is 5.10 Å². The number of nitrogens with zero attached hydrogens (tertiary/aromatic N) is 4. The van der Waals surface area contributed by atoms with Crippen molar-refractivity contribution in [3.05, 3.63) is 34.2 Å². The molecule has 1 saturated heterocycles. The smallest absolute Gasteiger partial charge is 0.410 e. The van der Waals surface area contributed by atoms with Crippen LogP contribution in [0.4, 0.5) is 4.79 Å². The molecule has 0 bridgehead atoms. The first-order valence-electron chi connectivity index (χ1n) is 12.6. The molecule has 38 heavy (non-hydrogen) atoms. The van der Waals surface area contributed by atoms with Crippen LogP contribution in [0.5, 0.6) is 5.75 Å². The van der Waals surface area contributed by atoms with Crippen LogP contribution in [-0.4, -0.2) is 70.5 Å². The molecule has 1 aliphatic heterocycles. The zero-order valence-electron chi connectivity index (χ0n) is 22.5. The maximum absolute atomic E-state index is 13.2. The average molecular weight is 547 g/mol. The summed E-state index contributed by atoms with van der Waals surface area (Å²) in [6.07, 6.45) is 0.983. The number of likely N-dealkylation sites (tertiary alicyclic amines) is 1. The van der Waals surface area contributed by atoms with Crippen LogP contribution in [0.1, 0.15) is 46.7 Å². The summed E-state index contributed by atoms with van der Waals surface area (Å²) < 4.78 is 41.6. The number of rotatable bonds is 8. The average Bonchev–Trinajstić information content (AvgIpc) is 3.11. The molecule has 1 aliphatic rings. The molecule has 0 atom stereocenters. The molecule has 1 amide bonds. The summed E-state index contributed by atoms with van der Waals surface area (Å²) >= 11 is 0. The lowest BCUT2D eigenvalue weighted by Gasteiger charge is -2.39. The monoisotopic (exact) mass is 546 g/mol. The minimum atomic E-state index is -3.95. The summed E-state index contributed by atoms with van der Waals surface area (Å²) in [5.74, 6) is 0.572. The Labute approximate surface area is 221 Å². The van der Waals surface area contributed by atoms with Gasteiger partial charge < -0.3 is 19.4 Å². The third kappa shape index (κ3) is 5.68. The van der Waals surface area contributed by atoms with Crippen molar-refractivity contribution in [2.75, 3.05) is 19.7 Å². The van der Waals surface area contributed by atoms with E-state index in [1.54, 1.807) is 33.9 Å². The lowest BCUT2D eigenvalue weighted by molar-refractivity contribution is 0.00737. The van der Waals surface area contributed by atoms with Crippen LogP contribution < -0.4 is 15.0 Å². The van der Waals surface area contributed by atoms with Gasteiger partial charge in [0.2, 0.25) is 10.0 Å². The fourth-order valence-electron chi connectivity index (χ4n) is 4.24. The molecule has 4 rings (SSSR count). The quantitative estimate of drug-likeness (QED) is 0.438. The molecule has 0 spiro atoms. The van der Waals surface area contributed by atoms with Crippen molar-refractivity contribution in [1.82, 2.24) is 29.4 Å². The number of amides is 1. The molecule has 12 nitrogen and oxygen atoms in total. The van der Waals surface area contributed by atoms with Crippen molar-refractivity contribution in [3.63, 3.8) is 0 Å². The number of aryl methyl sites for hydroxylation is 2. The first-order chi connectivity index (χ1) is 17.8. The molecule has 3 aromatic rings. The van der Waals surface area contributed by atoms with Crippen LogP contribution in [-0.2, 0) is 28.2 Å². The molecule has 2 N–H and O–H groups in total. The standard InChI is InChI=1S/C25H34N6O6S/c1-7-9-18-20-21(30(6)28-18)23(32)27-22(26-20)17-12-16(10-11-19(17)36-8-2)38(34,35)29-15-13-31(14-15)24(33)37-25(3,4)5/h10-12,15,29H,7-9,13-14H2,1-6H3,(H,26,27,32). The Hall–Kier alpha value is -3.45. The van der Waals surface area contributed by atoms with E-state index in [-0.39, 0.29) is 29.4 Å². The van der Waals surface area contributed by atoms with Gasteiger partial charge in [0.25, 0.3) is 5.56 Å². The second kappa shape index (κ2) is 10.4. The lowest BCUT2D eigenvalue weighted by Crippen LogP contribution is -2.61. The molecule has 0 aliphatic carbocycles. The molecule has 206 valence electrons. The summed E-state index contributed by atoms with van der Waals surface area (Å²) in [5, 5.41) is 4.44. The van der Waals surface area contributed by atoms with E-state index >= 15 is 0 Å². The summed E-state index contributed by atoms with van der Waals surface area (Å²) in [7, 11) is -2.27. The Morgan fingerprint density at radius 3 is 2.58 bits per heavy atom. The Morgan fingerprint density at radius 2 is 1.95 bits per heavy atom. The number of sulfonamides is 1. The topological polar surface area (TPSA) is 149 Å². The number of carbonyl (C=O) groups is 1. The number of aromatic nitrogens is 4. The minimum absolute atomic E-state index is 0.0191. The SMILES string of the molecule is CCCc1nn(C)c2c(=O)[nH]c(-c3cc(S(=O)(=O)NC4CN(C(=O)OC(C)(C)C)C4)ccc3OCC)nc12. The van der Waals surface area contributed by atoms with E-state index in [0.29, 0.717) is 41.1 Å². The van der Waals surface area contributed by atoms with Crippen molar-refractivity contribution in [1.29, 1.82) is 0 Å². The highest BCUT2D eigenvalue weighted by Crippen LogP contribution is 2.31. The number of benzene rings is 1. The number of nitrogens with one attached hydrogen (secondary N) is 2. The highest BCUT2D eigenvalue weighted by Gasteiger charge is 2.36. The number of H-pyrrole nitrogens is 1. The summed E-state index contributed by atoms with van der Waals surface area (Å²) in [6.45, 7) is 9.87. The number of hydrogen-bond acceptors (Lipinski definition) is 8. The molecule has 1 fully saturated rings.